The topological polar surface area (TPSA) is 57.8 Å². The van der Waals surface area contributed by atoms with Gasteiger partial charge in [0.25, 0.3) is 0 Å². The summed E-state index contributed by atoms with van der Waals surface area (Å²) in [6, 6.07) is 10.2. The fourth-order valence-corrected chi connectivity index (χ4v) is 3.94. The molecule has 27 heavy (non-hydrogen) atoms. The summed E-state index contributed by atoms with van der Waals surface area (Å²) in [5.74, 6) is 0.0704. The largest absolute Gasteiger partial charge is 0.357 e. The monoisotopic (exact) mass is 363 g/mol. The molecule has 138 valence electrons. The number of carbonyl (C=O) groups excluding carboxylic acids is 1. The number of nitrogens with zero attached hydrogens (tertiary/aromatic N) is 1. The average molecular weight is 363 g/mol. The summed E-state index contributed by atoms with van der Waals surface area (Å²) >= 11 is 0. The zero-order valence-corrected chi connectivity index (χ0v) is 15.3. The number of piperidine rings is 1. The van der Waals surface area contributed by atoms with Crippen LogP contribution in [0.3, 0.4) is 0 Å². The second-order valence-electron chi connectivity index (χ2n) is 6.99. The molecule has 0 spiro atoms. The quantitative estimate of drug-likeness (QED) is 0.669. The second-order valence-corrected chi connectivity index (χ2v) is 6.99. The molecule has 2 aromatic heterocycles. The molecule has 1 aliphatic heterocycles. The van der Waals surface area contributed by atoms with Crippen molar-refractivity contribution in [1.29, 1.82) is 0 Å². The van der Waals surface area contributed by atoms with Crippen molar-refractivity contribution in [3.63, 3.8) is 0 Å². The van der Waals surface area contributed by atoms with Crippen LogP contribution < -0.4 is 5.32 Å². The lowest BCUT2D eigenvalue weighted by Crippen LogP contribution is -2.27. The number of nitrogens with one attached hydrogen (secondary N) is 2. The van der Waals surface area contributed by atoms with Gasteiger partial charge in [0, 0.05) is 35.1 Å². The molecule has 0 bridgehead atoms. The Morgan fingerprint density at radius 2 is 1.70 bits per heavy atom. The maximum absolute atomic E-state index is 13.4. The summed E-state index contributed by atoms with van der Waals surface area (Å²) in [6.07, 6.45) is 5.43. The summed E-state index contributed by atoms with van der Waals surface area (Å²) in [5, 5.41) is 3.38. The first kappa shape index (κ1) is 17.6. The smallest absolute Gasteiger partial charge is 0.162 e. The van der Waals surface area contributed by atoms with E-state index in [0.29, 0.717) is 5.92 Å². The SMILES string of the molecule is CC(=O)c1c(C2CCNCC2)[nH]c(-c2ccc(F)cc2)c1-c1ccncc1. The van der Waals surface area contributed by atoms with Gasteiger partial charge < -0.3 is 10.3 Å². The number of hydrogen-bond acceptors (Lipinski definition) is 3. The van der Waals surface area contributed by atoms with Gasteiger partial charge >= 0.3 is 0 Å². The first-order chi connectivity index (χ1) is 13.1. The van der Waals surface area contributed by atoms with Gasteiger partial charge in [-0.15, -0.1) is 0 Å². The average Bonchev–Trinajstić information content (AvgIpc) is 3.11. The maximum atomic E-state index is 13.4. The van der Waals surface area contributed by atoms with Gasteiger partial charge in [0.05, 0.1) is 5.69 Å². The predicted molar refractivity (Wildman–Crippen MR) is 104 cm³/mol. The number of hydrogen-bond donors (Lipinski definition) is 2. The van der Waals surface area contributed by atoms with Crippen LogP contribution in [0.1, 0.15) is 41.7 Å². The van der Waals surface area contributed by atoms with Gasteiger partial charge in [0.2, 0.25) is 0 Å². The number of benzene rings is 1. The molecule has 0 atom stereocenters. The van der Waals surface area contributed by atoms with E-state index >= 15 is 0 Å². The molecule has 2 N–H and O–H groups in total. The molecule has 0 aliphatic carbocycles. The lowest BCUT2D eigenvalue weighted by molar-refractivity contribution is 0.101. The van der Waals surface area contributed by atoms with E-state index in [9.17, 15) is 9.18 Å². The molecular formula is C22H22FN3O. The van der Waals surface area contributed by atoms with Crippen LogP contribution >= 0.6 is 0 Å². The minimum atomic E-state index is -0.277. The molecule has 1 aromatic carbocycles. The fraction of sp³-hybridized carbons (Fsp3) is 0.273. The predicted octanol–water partition coefficient (Wildman–Crippen LogP) is 4.55. The van der Waals surface area contributed by atoms with Crippen molar-refractivity contribution in [3.8, 4) is 22.4 Å². The molecule has 0 amide bonds. The van der Waals surface area contributed by atoms with E-state index in [1.54, 1.807) is 31.5 Å². The van der Waals surface area contributed by atoms with Crippen molar-refractivity contribution < 1.29 is 9.18 Å². The van der Waals surface area contributed by atoms with Crippen LogP contribution in [0.2, 0.25) is 0 Å². The number of pyridine rings is 1. The number of carbonyl (C=O) groups is 1. The maximum Gasteiger partial charge on any atom is 0.162 e. The van der Waals surface area contributed by atoms with E-state index in [1.165, 1.54) is 12.1 Å². The summed E-state index contributed by atoms with van der Waals surface area (Å²) in [4.78, 5) is 20.3. The first-order valence-electron chi connectivity index (χ1n) is 9.29. The van der Waals surface area contributed by atoms with Crippen molar-refractivity contribution in [2.45, 2.75) is 25.7 Å². The third-order valence-electron chi connectivity index (χ3n) is 5.23. The van der Waals surface area contributed by atoms with Crippen LogP contribution in [0.15, 0.2) is 48.8 Å². The molecule has 1 fully saturated rings. The number of aromatic nitrogens is 2. The number of Topliss-reactive ketones (excluding diaryl/α,β-unsaturated/α-hetero) is 1. The third kappa shape index (κ3) is 3.43. The van der Waals surface area contributed by atoms with Crippen molar-refractivity contribution in [3.05, 3.63) is 65.9 Å². The van der Waals surface area contributed by atoms with Crippen LogP contribution in [0.25, 0.3) is 22.4 Å². The molecule has 3 heterocycles. The zero-order valence-electron chi connectivity index (χ0n) is 15.3. The normalized spacial score (nSPS) is 15.0. The van der Waals surface area contributed by atoms with E-state index in [2.05, 4.69) is 15.3 Å². The Morgan fingerprint density at radius 3 is 2.33 bits per heavy atom. The van der Waals surface area contributed by atoms with Gasteiger partial charge in [-0.3, -0.25) is 9.78 Å². The van der Waals surface area contributed by atoms with E-state index < -0.39 is 0 Å². The summed E-state index contributed by atoms with van der Waals surface area (Å²) in [5.41, 5.74) is 5.28. The molecule has 0 radical (unpaired) electrons. The summed E-state index contributed by atoms with van der Waals surface area (Å²) in [7, 11) is 0. The number of rotatable bonds is 4. The standard InChI is InChI=1S/C22H22FN3O/c1-14(27)19-20(15-6-10-24-11-7-15)22(16-2-4-18(23)5-3-16)26-21(19)17-8-12-25-13-9-17/h2-7,10-11,17,25-26H,8-9,12-13H2,1H3. The van der Waals surface area contributed by atoms with Crippen LogP contribution in [-0.2, 0) is 0 Å². The Balaban J connectivity index is 1.96. The third-order valence-corrected chi connectivity index (χ3v) is 5.23. The molecule has 1 saturated heterocycles. The molecule has 4 nitrogen and oxygen atoms in total. The highest BCUT2D eigenvalue weighted by molar-refractivity contribution is 6.06. The number of halogens is 1. The van der Waals surface area contributed by atoms with Crippen LogP contribution in [0, 0.1) is 5.82 Å². The van der Waals surface area contributed by atoms with Crippen molar-refractivity contribution in [2.24, 2.45) is 0 Å². The van der Waals surface area contributed by atoms with Crippen molar-refractivity contribution >= 4 is 5.78 Å². The molecule has 1 aliphatic rings. The lowest BCUT2D eigenvalue weighted by Gasteiger charge is -2.22. The summed E-state index contributed by atoms with van der Waals surface area (Å²) < 4.78 is 13.4. The zero-order chi connectivity index (χ0) is 18.8. The van der Waals surface area contributed by atoms with E-state index in [1.807, 2.05) is 12.1 Å². The summed E-state index contributed by atoms with van der Waals surface area (Å²) in [6.45, 7) is 3.50. The van der Waals surface area contributed by atoms with Crippen molar-refractivity contribution in [2.75, 3.05) is 13.1 Å². The van der Waals surface area contributed by atoms with Crippen LogP contribution in [0.4, 0.5) is 4.39 Å². The van der Waals surface area contributed by atoms with Crippen LogP contribution in [-0.4, -0.2) is 28.8 Å². The highest BCUT2D eigenvalue weighted by Crippen LogP contribution is 2.41. The Labute approximate surface area is 157 Å². The van der Waals surface area contributed by atoms with Gasteiger partial charge in [-0.1, -0.05) is 0 Å². The number of H-pyrrole nitrogens is 1. The Hall–Kier alpha value is -2.79. The lowest BCUT2D eigenvalue weighted by atomic mass is 9.88. The molecule has 3 aromatic rings. The fourth-order valence-electron chi connectivity index (χ4n) is 3.94. The van der Waals surface area contributed by atoms with E-state index in [-0.39, 0.29) is 11.6 Å². The van der Waals surface area contributed by atoms with Crippen molar-refractivity contribution in [1.82, 2.24) is 15.3 Å². The number of ketones is 1. The number of aromatic amines is 1. The minimum Gasteiger partial charge on any atom is -0.357 e. The van der Waals surface area contributed by atoms with E-state index in [4.69, 9.17) is 0 Å². The first-order valence-corrected chi connectivity index (χ1v) is 9.29. The van der Waals surface area contributed by atoms with Gasteiger partial charge in [-0.05, 0) is 80.4 Å². The van der Waals surface area contributed by atoms with E-state index in [0.717, 1.165) is 59.6 Å². The highest BCUT2D eigenvalue weighted by Gasteiger charge is 2.28. The molecule has 4 rings (SSSR count). The molecule has 5 heteroatoms. The van der Waals surface area contributed by atoms with Crippen LogP contribution in [0.5, 0.6) is 0 Å². The minimum absolute atomic E-state index is 0.0416. The van der Waals surface area contributed by atoms with Gasteiger partial charge in [0.1, 0.15) is 5.82 Å². The van der Waals surface area contributed by atoms with Gasteiger partial charge in [-0.2, -0.15) is 0 Å². The Morgan fingerprint density at radius 1 is 1.04 bits per heavy atom. The molecular weight excluding hydrogens is 341 g/mol. The second kappa shape index (κ2) is 7.45. The highest BCUT2D eigenvalue weighted by atomic mass is 19.1. The Kier molecular flexibility index (Phi) is 4.86. The van der Waals surface area contributed by atoms with Gasteiger partial charge in [-0.25, -0.2) is 4.39 Å². The molecule has 0 saturated carbocycles. The molecule has 0 unspecified atom stereocenters. The Bertz CT molecular complexity index is 942. The van der Waals surface area contributed by atoms with Gasteiger partial charge in [0.15, 0.2) is 5.78 Å².